The van der Waals surface area contributed by atoms with E-state index in [1.165, 1.54) is 24.5 Å². The molecule has 1 amide bonds. The van der Waals surface area contributed by atoms with Crippen molar-refractivity contribution in [3.63, 3.8) is 0 Å². The molecule has 136 valence electrons. The number of amides is 1. The van der Waals surface area contributed by atoms with E-state index in [1.54, 1.807) is 18.2 Å². The van der Waals surface area contributed by atoms with Crippen LogP contribution < -0.4 is 5.32 Å². The first kappa shape index (κ1) is 17.0. The number of aromatic nitrogens is 2. The quantitative estimate of drug-likeness (QED) is 0.551. The number of para-hydroxylation sites is 2. The fourth-order valence-corrected chi connectivity index (χ4v) is 4.12. The van der Waals surface area contributed by atoms with Crippen LogP contribution in [0.1, 0.15) is 16.1 Å². The summed E-state index contributed by atoms with van der Waals surface area (Å²) >= 11 is 0. The Hall–Kier alpha value is -3.39. The molecule has 2 heterocycles. The number of nitrogens with zero attached hydrogens (tertiary/aromatic N) is 1. The van der Waals surface area contributed by atoms with Gasteiger partial charge in [-0.25, -0.2) is 13.4 Å². The minimum Gasteiger partial charge on any atom is -0.459 e. The number of H-pyrrole nitrogens is 1. The van der Waals surface area contributed by atoms with Crippen molar-refractivity contribution in [2.45, 2.75) is 10.6 Å². The summed E-state index contributed by atoms with van der Waals surface area (Å²) in [6, 6.07) is 16.9. The summed E-state index contributed by atoms with van der Waals surface area (Å²) in [5.74, 6) is -0.710. The molecular formula is C19H15N3O4S. The third kappa shape index (κ3) is 3.47. The Kier molecular flexibility index (Phi) is 4.25. The predicted octanol–water partition coefficient (Wildman–Crippen LogP) is 3.38. The number of carbonyl (C=O) groups is 1. The summed E-state index contributed by atoms with van der Waals surface area (Å²) in [5, 5.41) is 2.61. The molecule has 0 unspecified atom stereocenters. The van der Waals surface area contributed by atoms with Gasteiger partial charge in [-0.1, -0.05) is 30.3 Å². The van der Waals surface area contributed by atoms with Gasteiger partial charge in [-0.05, 0) is 30.3 Å². The van der Waals surface area contributed by atoms with Gasteiger partial charge >= 0.3 is 0 Å². The molecular weight excluding hydrogens is 366 g/mol. The van der Waals surface area contributed by atoms with Crippen molar-refractivity contribution < 1.29 is 17.6 Å². The van der Waals surface area contributed by atoms with Gasteiger partial charge in [0.1, 0.15) is 0 Å². The lowest BCUT2D eigenvalue weighted by Gasteiger charge is -2.05. The summed E-state index contributed by atoms with van der Waals surface area (Å²) in [6.45, 7) is 0. The van der Waals surface area contributed by atoms with Gasteiger partial charge in [0.2, 0.25) is 5.95 Å². The van der Waals surface area contributed by atoms with Crippen LogP contribution in [0.4, 0.5) is 5.95 Å². The van der Waals surface area contributed by atoms with E-state index in [-0.39, 0.29) is 27.9 Å². The van der Waals surface area contributed by atoms with Crippen molar-refractivity contribution in [1.29, 1.82) is 0 Å². The van der Waals surface area contributed by atoms with Gasteiger partial charge in [0.05, 0.1) is 27.9 Å². The topological polar surface area (TPSA) is 105 Å². The molecule has 4 rings (SSSR count). The highest BCUT2D eigenvalue weighted by atomic mass is 32.2. The maximum atomic E-state index is 12.6. The summed E-state index contributed by atoms with van der Waals surface area (Å²) in [6.07, 6.45) is 1.30. The number of carbonyl (C=O) groups excluding carboxylic acids is 1. The summed E-state index contributed by atoms with van der Waals surface area (Å²) in [4.78, 5) is 20.0. The number of aromatic amines is 1. The normalized spacial score (nSPS) is 11.6. The van der Waals surface area contributed by atoms with Crippen molar-refractivity contribution >= 4 is 32.7 Å². The number of hydrogen-bond acceptors (Lipinski definition) is 5. The third-order valence-corrected chi connectivity index (χ3v) is 5.70. The van der Waals surface area contributed by atoms with Crippen molar-refractivity contribution in [2.75, 3.05) is 5.32 Å². The largest absolute Gasteiger partial charge is 0.459 e. The minimum absolute atomic E-state index is 0.0602. The highest BCUT2D eigenvalue weighted by Gasteiger charge is 2.23. The monoisotopic (exact) mass is 381 g/mol. The van der Waals surface area contributed by atoms with E-state index in [0.29, 0.717) is 5.52 Å². The molecule has 0 saturated heterocycles. The molecule has 0 spiro atoms. The van der Waals surface area contributed by atoms with E-state index in [9.17, 15) is 13.2 Å². The first-order chi connectivity index (χ1) is 13.0. The van der Waals surface area contributed by atoms with E-state index < -0.39 is 15.7 Å². The van der Waals surface area contributed by atoms with Crippen LogP contribution in [-0.4, -0.2) is 24.3 Å². The highest BCUT2D eigenvalue weighted by Crippen LogP contribution is 2.21. The van der Waals surface area contributed by atoms with Gasteiger partial charge < -0.3 is 9.40 Å². The van der Waals surface area contributed by atoms with Crippen LogP contribution >= 0.6 is 0 Å². The van der Waals surface area contributed by atoms with E-state index in [0.717, 1.165) is 5.52 Å². The van der Waals surface area contributed by atoms with Crippen LogP contribution in [0, 0.1) is 0 Å². The zero-order chi connectivity index (χ0) is 18.9. The fourth-order valence-electron chi connectivity index (χ4n) is 2.74. The molecule has 2 aromatic heterocycles. The Balaban J connectivity index is 1.57. The number of imidazole rings is 1. The molecule has 2 aromatic carbocycles. The van der Waals surface area contributed by atoms with Gasteiger partial charge in [0.15, 0.2) is 15.6 Å². The average molecular weight is 381 g/mol. The molecule has 0 fully saturated rings. The van der Waals surface area contributed by atoms with Crippen molar-refractivity contribution in [3.8, 4) is 0 Å². The van der Waals surface area contributed by atoms with Gasteiger partial charge in [-0.2, -0.15) is 0 Å². The molecule has 0 radical (unpaired) electrons. The first-order valence-corrected chi connectivity index (χ1v) is 9.78. The Morgan fingerprint density at radius 1 is 1.04 bits per heavy atom. The second-order valence-electron chi connectivity index (χ2n) is 5.90. The van der Waals surface area contributed by atoms with Crippen molar-refractivity contribution in [3.05, 3.63) is 78.3 Å². The molecule has 8 heteroatoms. The van der Waals surface area contributed by atoms with E-state index in [2.05, 4.69) is 15.3 Å². The van der Waals surface area contributed by atoms with Crippen LogP contribution in [0.5, 0.6) is 0 Å². The van der Waals surface area contributed by atoms with Crippen LogP contribution in [0.15, 0.2) is 76.2 Å². The first-order valence-electron chi connectivity index (χ1n) is 8.13. The molecule has 4 aromatic rings. The average Bonchev–Trinajstić information content (AvgIpc) is 3.28. The summed E-state index contributed by atoms with van der Waals surface area (Å²) in [5.41, 5.74) is 1.77. The second-order valence-corrected chi connectivity index (χ2v) is 7.89. The van der Waals surface area contributed by atoms with E-state index in [1.807, 2.05) is 24.3 Å². The third-order valence-electron chi connectivity index (χ3n) is 4.02. The standard InChI is InChI=1S/C19H15N3O4S/c23-18(22-19-20-15-8-4-5-9-16(15)21-19)17-13(10-11-26-17)12-27(24,25)14-6-2-1-3-7-14/h1-11H,12H2,(H2,20,21,22,23). The zero-order valence-electron chi connectivity index (χ0n) is 14.0. The molecule has 0 atom stereocenters. The van der Waals surface area contributed by atoms with Crippen molar-refractivity contribution in [1.82, 2.24) is 9.97 Å². The van der Waals surface area contributed by atoms with Gasteiger partial charge in [0, 0.05) is 5.56 Å². The molecule has 2 N–H and O–H groups in total. The number of anilines is 1. The Labute approximate surface area is 155 Å². The Morgan fingerprint density at radius 2 is 1.78 bits per heavy atom. The fraction of sp³-hybridized carbons (Fsp3) is 0.0526. The molecule has 0 aliphatic carbocycles. The van der Waals surface area contributed by atoms with Gasteiger partial charge in [-0.15, -0.1) is 0 Å². The molecule has 27 heavy (non-hydrogen) atoms. The molecule has 0 aliphatic rings. The van der Waals surface area contributed by atoms with Crippen LogP contribution in [-0.2, 0) is 15.6 Å². The number of sulfone groups is 1. The number of fused-ring (bicyclic) bond motifs is 1. The van der Waals surface area contributed by atoms with Crippen LogP contribution in [0.2, 0.25) is 0 Å². The summed E-state index contributed by atoms with van der Waals surface area (Å²) < 4.78 is 30.4. The number of benzene rings is 2. The maximum absolute atomic E-state index is 12.6. The molecule has 7 nitrogen and oxygen atoms in total. The molecule has 0 saturated carbocycles. The minimum atomic E-state index is -3.60. The zero-order valence-corrected chi connectivity index (χ0v) is 14.9. The highest BCUT2D eigenvalue weighted by molar-refractivity contribution is 7.90. The number of rotatable bonds is 5. The molecule has 0 bridgehead atoms. The van der Waals surface area contributed by atoms with E-state index >= 15 is 0 Å². The number of furan rings is 1. The lowest BCUT2D eigenvalue weighted by atomic mass is 10.3. The Morgan fingerprint density at radius 3 is 2.56 bits per heavy atom. The lowest BCUT2D eigenvalue weighted by molar-refractivity contribution is 0.0995. The predicted molar refractivity (Wildman–Crippen MR) is 100 cm³/mol. The lowest BCUT2D eigenvalue weighted by Crippen LogP contribution is -2.15. The summed E-state index contributed by atoms with van der Waals surface area (Å²) in [7, 11) is -3.60. The number of nitrogens with one attached hydrogen (secondary N) is 2. The molecule has 0 aliphatic heterocycles. The maximum Gasteiger partial charge on any atom is 0.293 e. The van der Waals surface area contributed by atoms with Crippen molar-refractivity contribution in [2.24, 2.45) is 0 Å². The second kappa shape index (κ2) is 6.73. The van der Waals surface area contributed by atoms with E-state index in [4.69, 9.17) is 4.42 Å². The smallest absolute Gasteiger partial charge is 0.293 e. The van der Waals surface area contributed by atoms with Gasteiger partial charge in [-0.3, -0.25) is 10.1 Å². The van der Waals surface area contributed by atoms with Crippen LogP contribution in [0.3, 0.4) is 0 Å². The number of hydrogen-bond donors (Lipinski definition) is 2. The van der Waals surface area contributed by atoms with Gasteiger partial charge in [0.25, 0.3) is 5.91 Å². The Bertz CT molecular complexity index is 1180. The van der Waals surface area contributed by atoms with Crippen LogP contribution in [0.25, 0.3) is 11.0 Å². The SMILES string of the molecule is O=C(Nc1nc2ccccc2[nH]1)c1occc1CS(=O)(=O)c1ccccc1.